The molecule has 2 aromatic rings. The molecule has 1 saturated heterocycles. The average Bonchev–Trinajstić information content (AvgIpc) is 3.18. The molecule has 1 aliphatic rings. The molecule has 0 unspecified atom stereocenters. The van der Waals surface area contributed by atoms with Crippen molar-refractivity contribution >= 4 is 34.0 Å². The number of esters is 1. The molecule has 0 spiro atoms. The summed E-state index contributed by atoms with van der Waals surface area (Å²) >= 11 is 1.24. The zero-order chi connectivity index (χ0) is 23.1. The Kier molecular flexibility index (Phi) is 8.08. The molecule has 174 valence electrons. The van der Waals surface area contributed by atoms with Crippen LogP contribution in [0.5, 0.6) is 0 Å². The number of anilines is 2. The number of ether oxygens (including phenoxy) is 1. The van der Waals surface area contributed by atoms with Crippen LogP contribution >= 0.6 is 11.3 Å². The number of hydrogen-bond donors (Lipinski definition) is 1. The fraction of sp³-hybridized carbons (Fsp3) is 0.476. The molecule has 0 bridgehead atoms. The summed E-state index contributed by atoms with van der Waals surface area (Å²) in [4.78, 5) is 32.1. The first-order valence-corrected chi connectivity index (χ1v) is 11.2. The third-order valence-electron chi connectivity index (χ3n) is 4.87. The lowest BCUT2D eigenvalue weighted by atomic mass is 10.1. The minimum absolute atomic E-state index is 0.0594. The van der Waals surface area contributed by atoms with Gasteiger partial charge >= 0.3 is 12.1 Å². The van der Waals surface area contributed by atoms with Crippen molar-refractivity contribution in [3.8, 4) is 0 Å². The molecule has 3 rings (SSSR count). The maximum absolute atomic E-state index is 12.9. The number of benzene rings is 1. The highest BCUT2D eigenvalue weighted by molar-refractivity contribution is 7.13. The van der Waals surface area contributed by atoms with Gasteiger partial charge in [0.2, 0.25) is 5.91 Å². The molecular formula is C21H25F3N4O3S. The summed E-state index contributed by atoms with van der Waals surface area (Å²) in [5.41, 5.74) is 0.399. The summed E-state index contributed by atoms with van der Waals surface area (Å²) < 4.78 is 43.8. The highest BCUT2D eigenvalue weighted by Crippen LogP contribution is 2.31. The van der Waals surface area contributed by atoms with Crippen LogP contribution in [-0.2, 0) is 26.9 Å². The Bertz CT molecular complexity index is 927. The minimum atomic E-state index is -4.37. The van der Waals surface area contributed by atoms with Gasteiger partial charge < -0.3 is 15.0 Å². The monoisotopic (exact) mass is 470 g/mol. The molecule has 1 N–H and O–H groups in total. The lowest BCUT2D eigenvalue weighted by Crippen LogP contribution is -2.48. The highest BCUT2D eigenvalue weighted by Gasteiger charge is 2.31. The number of carbonyl (C=O) groups excluding carboxylic acids is 2. The quantitative estimate of drug-likeness (QED) is 0.596. The first-order chi connectivity index (χ1) is 15.2. The molecule has 0 radical (unpaired) electrons. The number of carbonyl (C=O) groups is 2. The average molecular weight is 471 g/mol. The number of alkyl halides is 3. The van der Waals surface area contributed by atoms with E-state index in [1.807, 2.05) is 16.7 Å². The van der Waals surface area contributed by atoms with Gasteiger partial charge in [-0.25, -0.2) is 4.98 Å². The number of nitrogens with one attached hydrogen (secondary N) is 1. The predicted octanol–water partition coefficient (Wildman–Crippen LogP) is 3.42. The third-order valence-corrected chi connectivity index (χ3v) is 5.68. The molecule has 32 heavy (non-hydrogen) atoms. The molecule has 0 saturated carbocycles. The molecule has 1 amide bonds. The van der Waals surface area contributed by atoms with E-state index in [4.69, 9.17) is 4.74 Å². The Hall–Kier alpha value is -2.66. The Labute approximate surface area is 188 Å². The van der Waals surface area contributed by atoms with Crippen LogP contribution in [-0.4, -0.2) is 61.1 Å². The normalized spacial score (nSPS) is 14.9. The Morgan fingerprint density at radius 1 is 1.22 bits per heavy atom. The number of hydrogen-bond acceptors (Lipinski definition) is 7. The molecule has 0 aliphatic carbocycles. The van der Waals surface area contributed by atoms with E-state index in [-0.39, 0.29) is 24.8 Å². The molecule has 1 fully saturated rings. The number of halogens is 3. The van der Waals surface area contributed by atoms with E-state index in [0.717, 1.165) is 18.6 Å². The van der Waals surface area contributed by atoms with Gasteiger partial charge in [-0.1, -0.05) is 13.0 Å². The molecule has 1 aliphatic heterocycles. The summed E-state index contributed by atoms with van der Waals surface area (Å²) in [5.74, 6) is -0.583. The van der Waals surface area contributed by atoms with Crippen LogP contribution in [0, 0.1) is 0 Å². The fourth-order valence-electron chi connectivity index (χ4n) is 3.27. The molecular weight excluding hydrogens is 445 g/mol. The van der Waals surface area contributed by atoms with E-state index in [0.29, 0.717) is 49.3 Å². The second-order valence-electron chi connectivity index (χ2n) is 7.40. The number of nitrogens with zero attached hydrogens (tertiary/aromatic N) is 3. The van der Waals surface area contributed by atoms with Crippen molar-refractivity contribution in [3.05, 3.63) is 40.9 Å². The number of rotatable bonds is 8. The molecule has 2 heterocycles. The van der Waals surface area contributed by atoms with Crippen molar-refractivity contribution in [2.45, 2.75) is 25.9 Å². The van der Waals surface area contributed by atoms with E-state index in [2.05, 4.69) is 10.3 Å². The standard InChI is InChI=1S/C21H25F3N4O3S/c1-2-10-31-19(30)12-16-14-32-20(25-16)26-18(29)13-27-6-8-28(9-7-27)17-5-3-4-15(11-17)21(22,23)24/h3-5,11,14H,2,6-10,12-13H2,1H3,(H,25,26,29). The van der Waals surface area contributed by atoms with Gasteiger partial charge in [-0.15, -0.1) is 11.3 Å². The lowest BCUT2D eigenvalue weighted by molar-refractivity contribution is -0.143. The Balaban J connectivity index is 1.45. The summed E-state index contributed by atoms with van der Waals surface area (Å²) in [7, 11) is 0. The van der Waals surface area contributed by atoms with E-state index in [1.54, 1.807) is 11.4 Å². The Morgan fingerprint density at radius 2 is 1.97 bits per heavy atom. The second-order valence-corrected chi connectivity index (χ2v) is 8.26. The molecule has 1 aromatic heterocycles. The van der Waals surface area contributed by atoms with Gasteiger partial charge in [0.15, 0.2) is 5.13 Å². The molecule has 0 atom stereocenters. The van der Waals surface area contributed by atoms with Gasteiger partial charge in [0, 0.05) is 37.2 Å². The number of piperazine rings is 1. The van der Waals surface area contributed by atoms with Crippen molar-refractivity contribution in [1.82, 2.24) is 9.88 Å². The van der Waals surface area contributed by atoms with Crippen molar-refractivity contribution in [1.29, 1.82) is 0 Å². The van der Waals surface area contributed by atoms with Crippen LogP contribution in [0.25, 0.3) is 0 Å². The topological polar surface area (TPSA) is 74.8 Å². The van der Waals surface area contributed by atoms with E-state index < -0.39 is 11.7 Å². The zero-order valence-electron chi connectivity index (χ0n) is 17.7. The summed E-state index contributed by atoms with van der Waals surface area (Å²) in [6, 6.07) is 5.28. The number of aromatic nitrogens is 1. The van der Waals surface area contributed by atoms with E-state index in [1.165, 1.54) is 17.4 Å². The summed E-state index contributed by atoms with van der Waals surface area (Å²) in [5, 5.41) is 4.85. The van der Waals surface area contributed by atoms with Crippen LogP contribution in [0.2, 0.25) is 0 Å². The van der Waals surface area contributed by atoms with Gasteiger partial charge in [0.25, 0.3) is 0 Å². The van der Waals surface area contributed by atoms with Gasteiger partial charge in [0.05, 0.1) is 30.8 Å². The maximum atomic E-state index is 12.9. The summed E-state index contributed by atoms with van der Waals surface area (Å²) in [6.07, 6.45) is -3.57. The first-order valence-electron chi connectivity index (χ1n) is 10.3. The Morgan fingerprint density at radius 3 is 2.66 bits per heavy atom. The number of thiazole rings is 1. The SMILES string of the molecule is CCCOC(=O)Cc1csc(NC(=O)CN2CCN(c3cccc(C(F)(F)F)c3)CC2)n1. The smallest absolute Gasteiger partial charge is 0.416 e. The van der Waals surface area contributed by atoms with Crippen molar-refractivity contribution < 1.29 is 27.5 Å². The second kappa shape index (κ2) is 10.8. The van der Waals surface area contributed by atoms with Gasteiger partial charge in [0.1, 0.15) is 0 Å². The van der Waals surface area contributed by atoms with Crippen LogP contribution in [0.3, 0.4) is 0 Å². The van der Waals surface area contributed by atoms with Gasteiger partial charge in [-0.2, -0.15) is 13.2 Å². The first kappa shape index (κ1) is 24.0. The van der Waals surface area contributed by atoms with Crippen molar-refractivity contribution in [2.24, 2.45) is 0 Å². The molecule has 11 heteroatoms. The van der Waals surface area contributed by atoms with Crippen LogP contribution in [0.4, 0.5) is 24.0 Å². The van der Waals surface area contributed by atoms with E-state index in [9.17, 15) is 22.8 Å². The lowest BCUT2D eigenvalue weighted by Gasteiger charge is -2.35. The fourth-order valence-corrected chi connectivity index (χ4v) is 3.99. The van der Waals surface area contributed by atoms with Crippen LogP contribution in [0.1, 0.15) is 24.6 Å². The predicted molar refractivity (Wildman–Crippen MR) is 116 cm³/mol. The van der Waals surface area contributed by atoms with Crippen molar-refractivity contribution in [3.63, 3.8) is 0 Å². The van der Waals surface area contributed by atoms with Gasteiger partial charge in [-0.05, 0) is 24.6 Å². The summed E-state index contributed by atoms with van der Waals surface area (Å²) in [6.45, 7) is 4.59. The van der Waals surface area contributed by atoms with Crippen LogP contribution in [0.15, 0.2) is 29.6 Å². The highest BCUT2D eigenvalue weighted by atomic mass is 32.1. The van der Waals surface area contributed by atoms with E-state index >= 15 is 0 Å². The molecule has 1 aromatic carbocycles. The minimum Gasteiger partial charge on any atom is -0.465 e. The van der Waals surface area contributed by atoms with Crippen LogP contribution < -0.4 is 10.2 Å². The van der Waals surface area contributed by atoms with Gasteiger partial charge in [-0.3, -0.25) is 14.5 Å². The third kappa shape index (κ3) is 6.92. The zero-order valence-corrected chi connectivity index (χ0v) is 18.5. The molecule has 7 nitrogen and oxygen atoms in total. The number of amides is 1. The maximum Gasteiger partial charge on any atom is 0.416 e. The largest absolute Gasteiger partial charge is 0.465 e. The van der Waals surface area contributed by atoms with Crippen molar-refractivity contribution in [2.75, 3.05) is 49.5 Å².